The molecule has 0 aromatic heterocycles. The molecule has 1 aliphatic heterocycles. The van der Waals surface area contributed by atoms with Crippen molar-refractivity contribution in [3.8, 4) is 0 Å². The SMILES string of the molecule is Cc1ccccc1C[NH+]1CC[NH+](Cc2cccc3ccccc23)CC1. The van der Waals surface area contributed by atoms with E-state index in [1.165, 1.54) is 60.2 Å². The van der Waals surface area contributed by atoms with Gasteiger partial charge in [-0.25, -0.2) is 0 Å². The van der Waals surface area contributed by atoms with Crippen molar-refractivity contribution >= 4 is 10.8 Å². The molecule has 0 bridgehead atoms. The fourth-order valence-corrected chi connectivity index (χ4v) is 4.10. The Bertz CT molecular complexity index is 842. The van der Waals surface area contributed by atoms with Gasteiger partial charge in [-0.2, -0.15) is 0 Å². The minimum Gasteiger partial charge on any atom is -0.322 e. The highest BCUT2D eigenvalue weighted by Crippen LogP contribution is 2.17. The van der Waals surface area contributed by atoms with Crippen molar-refractivity contribution in [2.75, 3.05) is 26.2 Å². The Balaban J connectivity index is 1.38. The third-order valence-corrected chi connectivity index (χ3v) is 5.69. The first-order chi connectivity index (χ1) is 12.3. The lowest BCUT2D eigenvalue weighted by Gasteiger charge is -2.30. The van der Waals surface area contributed by atoms with Gasteiger partial charge in [0.1, 0.15) is 39.3 Å². The highest BCUT2D eigenvalue weighted by molar-refractivity contribution is 5.85. The van der Waals surface area contributed by atoms with E-state index in [0.29, 0.717) is 0 Å². The molecule has 2 heteroatoms. The van der Waals surface area contributed by atoms with Gasteiger partial charge in [-0.1, -0.05) is 66.7 Å². The van der Waals surface area contributed by atoms with Gasteiger partial charge in [0.15, 0.2) is 0 Å². The van der Waals surface area contributed by atoms with Crippen molar-refractivity contribution in [2.45, 2.75) is 20.0 Å². The minimum absolute atomic E-state index is 1.15. The third-order valence-electron chi connectivity index (χ3n) is 5.69. The largest absolute Gasteiger partial charge is 0.322 e. The number of benzene rings is 3. The molecule has 0 unspecified atom stereocenters. The first-order valence-electron chi connectivity index (χ1n) is 9.48. The smallest absolute Gasteiger partial charge is 0.127 e. The van der Waals surface area contributed by atoms with Crippen molar-refractivity contribution in [1.29, 1.82) is 0 Å². The van der Waals surface area contributed by atoms with Gasteiger partial charge in [-0.05, 0) is 23.3 Å². The topological polar surface area (TPSA) is 8.88 Å². The number of rotatable bonds is 4. The van der Waals surface area contributed by atoms with E-state index in [-0.39, 0.29) is 0 Å². The van der Waals surface area contributed by atoms with E-state index in [2.05, 4.69) is 73.7 Å². The molecule has 3 aromatic carbocycles. The average Bonchev–Trinajstić information content (AvgIpc) is 2.65. The Morgan fingerprint density at radius 2 is 1.20 bits per heavy atom. The van der Waals surface area contributed by atoms with Crippen molar-refractivity contribution in [1.82, 2.24) is 0 Å². The van der Waals surface area contributed by atoms with Crippen LogP contribution in [0, 0.1) is 6.92 Å². The van der Waals surface area contributed by atoms with Gasteiger partial charge < -0.3 is 9.80 Å². The second-order valence-corrected chi connectivity index (χ2v) is 7.42. The zero-order valence-corrected chi connectivity index (χ0v) is 15.1. The first kappa shape index (κ1) is 16.3. The molecule has 128 valence electrons. The first-order valence-corrected chi connectivity index (χ1v) is 9.48. The van der Waals surface area contributed by atoms with Gasteiger partial charge in [0.05, 0.1) is 0 Å². The standard InChI is InChI=1S/C23H26N2/c1-19-7-2-3-9-21(19)17-24-13-15-25(16-14-24)18-22-11-6-10-20-8-4-5-12-23(20)22/h2-12H,13-18H2,1H3/p+2. The van der Waals surface area contributed by atoms with Gasteiger partial charge in [-0.15, -0.1) is 0 Å². The van der Waals surface area contributed by atoms with Gasteiger partial charge in [-0.3, -0.25) is 0 Å². The van der Waals surface area contributed by atoms with Crippen molar-refractivity contribution in [3.05, 3.63) is 83.4 Å². The van der Waals surface area contributed by atoms with Crippen LogP contribution in [0.4, 0.5) is 0 Å². The average molecular weight is 332 g/mol. The molecule has 0 amide bonds. The van der Waals surface area contributed by atoms with E-state index in [1.807, 2.05) is 0 Å². The number of quaternary nitrogens is 2. The highest BCUT2D eigenvalue weighted by Gasteiger charge is 2.23. The van der Waals surface area contributed by atoms with Crippen LogP contribution in [0.2, 0.25) is 0 Å². The summed E-state index contributed by atoms with van der Waals surface area (Å²) in [6.07, 6.45) is 0. The zero-order valence-electron chi connectivity index (χ0n) is 15.1. The monoisotopic (exact) mass is 332 g/mol. The molecule has 25 heavy (non-hydrogen) atoms. The number of piperazine rings is 1. The minimum atomic E-state index is 1.15. The van der Waals surface area contributed by atoms with Crippen LogP contribution in [0.1, 0.15) is 16.7 Å². The lowest BCUT2D eigenvalue weighted by Crippen LogP contribution is -3.27. The van der Waals surface area contributed by atoms with Crippen LogP contribution < -0.4 is 9.80 Å². The Labute approximate surface area is 150 Å². The summed E-state index contributed by atoms with van der Waals surface area (Å²) in [6, 6.07) is 24.3. The van der Waals surface area contributed by atoms with Crippen LogP contribution in [-0.4, -0.2) is 26.2 Å². The summed E-state index contributed by atoms with van der Waals surface area (Å²) >= 11 is 0. The van der Waals surface area contributed by atoms with Gasteiger partial charge >= 0.3 is 0 Å². The maximum atomic E-state index is 2.31. The molecule has 1 fully saturated rings. The van der Waals surface area contributed by atoms with Crippen LogP contribution in [-0.2, 0) is 13.1 Å². The van der Waals surface area contributed by atoms with Crippen molar-refractivity contribution < 1.29 is 9.80 Å². The number of aryl methyl sites for hydroxylation is 1. The van der Waals surface area contributed by atoms with Gasteiger partial charge in [0, 0.05) is 11.1 Å². The van der Waals surface area contributed by atoms with Gasteiger partial charge in [0.2, 0.25) is 0 Å². The Kier molecular flexibility index (Phi) is 4.82. The predicted octanol–water partition coefficient (Wildman–Crippen LogP) is 1.63. The number of nitrogens with one attached hydrogen (secondary N) is 2. The Morgan fingerprint density at radius 3 is 1.96 bits per heavy atom. The molecular weight excluding hydrogens is 304 g/mol. The Morgan fingerprint density at radius 1 is 0.640 bits per heavy atom. The molecule has 0 saturated carbocycles. The highest BCUT2D eigenvalue weighted by atomic mass is 15.3. The lowest BCUT2D eigenvalue weighted by molar-refractivity contribution is -1.02. The lowest BCUT2D eigenvalue weighted by atomic mass is 10.0. The molecule has 0 atom stereocenters. The molecule has 1 saturated heterocycles. The second-order valence-electron chi connectivity index (χ2n) is 7.42. The molecule has 2 nitrogen and oxygen atoms in total. The quantitative estimate of drug-likeness (QED) is 0.719. The van der Waals surface area contributed by atoms with E-state index in [1.54, 1.807) is 9.80 Å². The summed E-state index contributed by atoms with van der Waals surface area (Å²) in [5.74, 6) is 0. The molecule has 1 aliphatic rings. The fraction of sp³-hybridized carbons (Fsp3) is 0.304. The maximum Gasteiger partial charge on any atom is 0.127 e. The molecule has 4 rings (SSSR count). The molecule has 2 N–H and O–H groups in total. The number of hydrogen-bond acceptors (Lipinski definition) is 0. The van der Waals surface area contributed by atoms with E-state index in [0.717, 1.165) is 6.54 Å². The Hall–Kier alpha value is -2.16. The molecule has 0 spiro atoms. The molecule has 3 aromatic rings. The van der Waals surface area contributed by atoms with Crippen molar-refractivity contribution in [3.63, 3.8) is 0 Å². The molecule has 0 aliphatic carbocycles. The van der Waals surface area contributed by atoms with E-state index in [4.69, 9.17) is 0 Å². The van der Waals surface area contributed by atoms with Crippen LogP contribution in [0.15, 0.2) is 66.7 Å². The molecular formula is C23H28N2+2. The fourth-order valence-electron chi connectivity index (χ4n) is 4.10. The van der Waals surface area contributed by atoms with E-state index < -0.39 is 0 Å². The normalized spacial score (nSPS) is 20.7. The van der Waals surface area contributed by atoms with Crippen LogP contribution >= 0.6 is 0 Å². The second kappa shape index (κ2) is 7.38. The van der Waals surface area contributed by atoms with Gasteiger partial charge in [0.25, 0.3) is 0 Å². The molecule has 1 heterocycles. The number of hydrogen-bond donors (Lipinski definition) is 2. The number of fused-ring (bicyclic) bond motifs is 1. The van der Waals surface area contributed by atoms with E-state index >= 15 is 0 Å². The summed E-state index contributed by atoms with van der Waals surface area (Å²) in [5, 5.41) is 2.79. The summed E-state index contributed by atoms with van der Waals surface area (Å²) in [7, 11) is 0. The summed E-state index contributed by atoms with van der Waals surface area (Å²) in [5.41, 5.74) is 4.44. The van der Waals surface area contributed by atoms with Crippen LogP contribution in [0.25, 0.3) is 10.8 Å². The predicted molar refractivity (Wildman–Crippen MR) is 104 cm³/mol. The third kappa shape index (κ3) is 3.76. The van der Waals surface area contributed by atoms with Crippen LogP contribution in [0.5, 0.6) is 0 Å². The van der Waals surface area contributed by atoms with Crippen LogP contribution in [0.3, 0.4) is 0 Å². The summed E-state index contributed by atoms with van der Waals surface area (Å²) < 4.78 is 0. The van der Waals surface area contributed by atoms with E-state index in [9.17, 15) is 0 Å². The zero-order chi connectivity index (χ0) is 17.1. The summed E-state index contributed by atoms with van der Waals surface area (Å²) in [4.78, 5) is 3.46. The molecule has 0 radical (unpaired) electrons. The van der Waals surface area contributed by atoms with Crippen molar-refractivity contribution in [2.24, 2.45) is 0 Å². The summed E-state index contributed by atoms with van der Waals surface area (Å²) in [6.45, 7) is 9.64. The maximum absolute atomic E-state index is 2.31.